The van der Waals surface area contributed by atoms with Crippen LogP contribution in [0, 0.1) is 17.3 Å². The predicted octanol–water partition coefficient (Wildman–Crippen LogP) is 1.84. The number of imide groups is 1. The number of esters is 1. The summed E-state index contributed by atoms with van der Waals surface area (Å²) in [4.78, 5) is 86.7. The van der Waals surface area contributed by atoms with Crippen molar-refractivity contribution in [3.8, 4) is 0 Å². The molecule has 1 aromatic carbocycles. The van der Waals surface area contributed by atoms with Crippen molar-refractivity contribution >= 4 is 47.1 Å². The van der Waals surface area contributed by atoms with Crippen LogP contribution in [-0.2, 0) is 49.6 Å². The van der Waals surface area contributed by atoms with Crippen LogP contribution in [0.3, 0.4) is 0 Å². The summed E-state index contributed by atoms with van der Waals surface area (Å²) in [5.41, 5.74) is 5.73. The Kier molecular flexibility index (Phi) is 16.6. The van der Waals surface area contributed by atoms with Crippen LogP contribution in [0.25, 0.3) is 0 Å². The number of ether oxygens (including phenoxy) is 3. The molecule has 1 aromatic rings. The number of hydrogen-bond donors (Lipinski definition) is 4. The molecule has 0 aliphatic carbocycles. The summed E-state index contributed by atoms with van der Waals surface area (Å²) in [7, 11) is 0. The molecule has 0 fully saturated rings. The van der Waals surface area contributed by atoms with Crippen molar-refractivity contribution in [1.82, 2.24) is 15.5 Å². The number of carbonyl (C=O) groups is 7. The van der Waals surface area contributed by atoms with E-state index < -0.39 is 47.0 Å². The molecule has 0 radical (unpaired) electrons. The number of carbonyl (C=O) groups excluding carboxylic acids is 7. The number of primary amides is 1. The fourth-order valence-electron chi connectivity index (χ4n) is 4.58. The zero-order valence-corrected chi connectivity index (χ0v) is 28.9. The first-order valence-electron chi connectivity index (χ1n) is 16.2. The van der Waals surface area contributed by atoms with Crippen LogP contribution in [0.5, 0.6) is 0 Å². The molecule has 1 aliphatic rings. The van der Waals surface area contributed by atoms with E-state index in [-0.39, 0.29) is 76.6 Å². The van der Waals surface area contributed by atoms with Gasteiger partial charge in [0.25, 0.3) is 11.8 Å². The summed E-state index contributed by atoms with van der Waals surface area (Å²) in [5.74, 6) is -3.46. The van der Waals surface area contributed by atoms with Crippen LogP contribution in [0.1, 0.15) is 59.4 Å². The molecule has 15 nitrogen and oxygen atoms in total. The second-order valence-electron chi connectivity index (χ2n) is 12.9. The number of ketones is 1. The van der Waals surface area contributed by atoms with E-state index in [1.807, 2.05) is 0 Å². The van der Waals surface area contributed by atoms with Gasteiger partial charge in [-0.2, -0.15) is 0 Å². The standard InChI is InChI=1S/C34H49N5O10/c1-22(2)30(38-27(41)21-48-18-17-47-16-15-39-28(42)12-13-29(39)43)26(40)19-24(7-6-14-36-33(35)46)31(44)37-25-10-8-23(9-11-25)20-49-32(45)34(3,4)5/h8-13,22,24,30H,6-7,14-21H2,1-5H3,(H,37,44)(H,38,41)(H3,35,36,46)/t24-,30+/m1/s1. The normalized spacial score (nSPS) is 14.0. The lowest BCUT2D eigenvalue weighted by molar-refractivity contribution is -0.154. The summed E-state index contributed by atoms with van der Waals surface area (Å²) in [6.45, 7) is 9.21. The van der Waals surface area contributed by atoms with Gasteiger partial charge in [0.15, 0.2) is 5.78 Å². The van der Waals surface area contributed by atoms with Gasteiger partial charge in [-0.1, -0.05) is 26.0 Å². The van der Waals surface area contributed by atoms with Crippen molar-refractivity contribution in [3.05, 3.63) is 42.0 Å². The summed E-state index contributed by atoms with van der Waals surface area (Å²) in [6, 6.07) is 5.19. The molecule has 1 heterocycles. The van der Waals surface area contributed by atoms with Gasteiger partial charge < -0.3 is 35.9 Å². The molecule has 270 valence electrons. The van der Waals surface area contributed by atoms with Gasteiger partial charge in [-0.3, -0.25) is 33.7 Å². The molecular formula is C34H49N5O10. The third kappa shape index (κ3) is 15.0. The molecule has 0 spiro atoms. The Morgan fingerprint density at radius 2 is 1.55 bits per heavy atom. The number of Topliss-reactive ketones (excluding diaryl/α,β-unsaturated/α-hetero) is 1. The predicted molar refractivity (Wildman–Crippen MR) is 179 cm³/mol. The summed E-state index contributed by atoms with van der Waals surface area (Å²) in [5, 5.41) is 7.99. The third-order valence-corrected chi connectivity index (χ3v) is 7.35. The maximum atomic E-state index is 13.4. The van der Waals surface area contributed by atoms with Gasteiger partial charge in [0.05, 0.1) is 37.8 Å². The minimum atomic E-state index is -0.884. The first kappa shape index (κ1) is 40.5. The van der Waals surface area contributed by atoms with E-state index in [2.05, 4.69) is 16.0 Å². The lowest BCUT2D eigenvalue weighted by Crippen LogP contribution is -2.47. The van der Waals surface area contributed by atoms with Crippen LogP contribution in [0.15, 0.2) is 36.4 Å². The van der Waals surface area contributed by atoms with Gasteiger partial charge in [-0.25, -0.2) is 4.79 Å². The number of nitrogens with one attached hydrogen (secondary N) is 3. The number of amides is 6. The van der Waals surface area contributed by atoms with Crippen molar-refractivity contribution in [3.63, 3.8) is 0 Å². The van der Waals surface area contributed by atoms with Gasteiger partial charge in [-0.05, 0) is 57.2 Å². The van der Waals surface area contributed by atoms with E-state index in [1.165, 1.54) is 12.2 Å². The van der Waals surface area contributed by atoms with Crippen molar-refractivity contribution in [1.29, 1.82) is 0 Å². The fourth-order valence-corrected chi connectivity index (χ4v) is 4.58. The van der Waals surface area contributed by atoms with Gasteiger partial charge in [0, 0.05) is 36.7 Å². The Morgan fingerprint density at radius 1 is 0.918 bits per heavy atom. The highest BCUT2D eigenvalue weighted by Gasteiger charge is 2.30. The van der Waals surface area contributed by atoms with Crippen LogP contribution in [-0.4, -0.2) is 91.9 Å². The first-order chi connectivity index (χ1) is 23.1. The Bertz CT molecular complexity index is 1340. The second-order valence-corrected chi connectivity index (χ2v) is 12.9. The average molecular weight is 688 g/mol. The smallest absolute Gasteiger partial charge is 0.312 e. The Hall–Kier alpha value is -4.63. The summed E-state index contributed by atoms with van der Waals surface area (Å²) >= 11 is 0. The summed E-state index contributed by atoms with van der Waals surface area (Å²) < 4.78 is 16.0. The minimum absolute atomic E-state index is 0.0679. The van der Waals surface area contributed by atoms with Crippen molar-refractivity contribution in [2.24, 2.45) is 23.0 Å². The first-order valence-corrected chi connectivity index (χ1v) is 16.2. The van der Waals surface area contributed by atoms with E-state index >= 15 is 0 Å². The molecule has 0 saturated heterocycles. The highest BCUT2D eigenvalue weighted by Crippen LogP contribution is 2.20. The quantitative estimate of drug-likeness (QED) is 0.0836. The topological polar surface area (TPSA) is 213 Å². The molecule has 0 unspecified atom stereocenters. The lowest BCUT2D eigenvalue weighted by atomic mass is 9.89. The highest BCUT2D eigenvalue weighted by atomic mass is 16.5. The molecule has 6 amide bonds. The van der Waals surface area contributed by atoms with E-state index in [0.29, 0.717) is 12.1 Å². The lowest BCUT2D eigenvalue weighted by Gasteiger charge is -2.24. The van der Waals surface area contributed by atoms with Gasteiger partial charge in [0.1, 0.15) is 13.2 Å². The zero-order valence-electron chi connectivity index (χ0n) is 28.9. The van der Waals surface area contributed by atoms with Gasteiger partial charge in [0.2, 0.25) is 11.8 Å². The number of nitrogens with two attached hydrogens (primary N) is 1. The van der Waals surface area contributed by atoms with Crippen LogP contribution in [0.4, 0.5) is 10.5 Å². The number of anilines is 1. The van der Waals surface area contributed by atoms with Crippen molar-refractivity contribution < 1.29 is 47.8 Å². The molecule has 49 heavy (non-hydrogen) atoms. The minimum Gasteiger partial charge on any atom is -0.460 e. The maximum Gasteiger partial charge on any atom is 0.312 e. The number of urea groups is 1. The Morgan fingerprint density at radius 3 is 2.14 bits per heavy atom. The van der Waals surface area contributed by atoms with Crippen LogP contribution in [0.2, 0.25) is 0 Å². The van der Waals surface area contributed by atoms with E-state index in [0.717, 1.165) is 10.5 Å². The van der Waals surface area contributed by atoms with Gasteiger partial charge >= 0.3 is 12.0 Å². The molecule has 0 bridgehead atoms. The average Bonchev–Trinajstić information content (AvgIpc) is 3.35. The number of benzene rings is 1. The molecule has 2 atom stereocenters. The molecule has 15 heteroatoms. The fraction of sp³-hybridized carbons (Fsp3) is 0.559. The molecule has 0 aromatic heterocycles. The zero-order chi connectivity index (χ0) is 36.6. The SMILES string of the molecule is CC(C)[C@H](NC(=O)COCCOCCN1C(=O)C=CC1=O)C(=O)C[C@@H](CCCNC(N)=O)C(=O)Nc1ccc(COC(=O)C(C)(C)C)cc1. The number of rotatable bonds is 21. The number of nitrogens with zero attached hydrogens (tertiary/aromatic N) is 1. The van der Waals surface area contributed by atoms with Gasteiger partial charge in [-0.15, -0.1) is 0 Å². The molecular weight excluding hydrogens is 638 g/mol. The summed E-state index contributed by atoms with van der Waals surface area (Å²) in [6.07, 6.45) is 2.85. The Balaban J connectivity index is 1.90. The largest absolute Gasteiger partial charge is 0.460 e. The molecule has 2 rings (SSSR count). The highest BCUT2D eigenvalue weighted by molar-refractivity contribution is 6.12. The van der Waals surface area contributed by atoms with Crippen LogP contribution >= 0.6 is 0 Å². The number of hydrogen-bond acceptors (Lipinski definition) is 10. The van der Waals surface area contributed by atoms with Crippen molar-refractivity contribution in [2.45, 2.75) is 66.5 Å². The van der Waals surface area contributed by atoms with E-state index in [9.17, 15) is 33.6 Å². The van der Waals surface area contributed by atoms with Crippen LogP contribution < -0.4 is 21.7 Å². The van der Waals surface area contributed by atoms with E-state index in [1.54, 1.807) is 58.9 Å². The van der Waals surface area contributed by atoms with E-state index in [4.69, 9.17) is 19.9 Å². The molecule has 1 aliphatic heterocycles. The third-order valence-electron chi connectivity index (χ3n) is 7.35. The Labute approximate surface area is 286 Å². The van der Waals surface area contributed by atoms with Crippen molar-refractivity contribution in [2.75, 3.05) is 44.8 Å². The molecule has 0 saturated carbocycles. The monoisotopic (exact) mass is 687 g/mol. The second kappa shape index (κ2) is 20.0. The molecule has 5 N–H and O–H groups in total. The maximum absolute atomic E-state index is 13.4.